The Labute approximate surface area is 96.2 Å². The van der Waals surface area contributed by atoms with Crippen LogP contribution in [0.25, 0.3) is 0 Å². The summed E-state index contributed by atoms with van der Waals surface area (Å²) in [5.41, 5.74) is 5.42. The van der Waals surface area contributed by atoms with Crippen molar-refractivity contribution in [3.05, 3.63) is 0 Å². The predicted octanol–water partition coefficient (Wildman–Crippen LogP) is 0.320. The van der Waals surface area contributed by atoms with E-state index in [2.05, 4.69) is 0 Å². The van der Waals surface area contributed by atoms with Gasteiger partial charge in [-0.25, -0.2) is 0 Å². The van der Waals surface area contributed by atoms with Crippen molar-refractivity contribution in [2.75, 3.05) is 33.5 Å². The Morgan fingerprint density at radius 3 is 2.75 bits per heavy atom. The molecule has 1 rings (SSSR count). The number of rotatable bonds is 6. The van der Waals surface area contributed by atoms with Crippen LogP contribution in [-0.4, -0.2) is 45.5 Å². The highest BCUT2D eigenvalue weighted by Gasteiger charge is 2.17. The van der Waals surface area contributed by atoms with E-state index >= 15 is 0 Å². The van der Waals surface area contributed by atoms with Crippen molar-refractivity contribution in [2.24, 2.45) is 11.7 Å². The van der Waals surface area contributed by atoms with Gasteiger partial charge in [0, 0.05) is 26.9 Å². The van der Waals surface area contributed by atoms with Gasteiger partial charge in [0.2, 0.25) is 0 Å². The van der Waals surface area contributed by atoms with Crippen LogP contribution in [0.5, 0.6) is 0 Å². The first-order valence-electron chi connectivity index (χ1n) is 5.72. The Morgan fingerprint density at radius 1 is 1.50 bits per heavy atom. The summed E-state index contributed by atoms with van der Waals surface area (Å²) < 4.78 is 15.4. The summed E-state index contributed by atoms with van der Waals surface area (Å²) >= 11 is 0. The largest absolute Gasteiger partial charge is 0.465 e. The number of nitrogens with two attached hydrogens (primary N) is 1. The Balaban J connectivity index is 2.13. The molecule has 1 unspecified atom stereocenters. The second-order valence-electron chi connectivity index (χ2n) is 4.04. The van der Waals surface area contributed by atoms with Crippen LogP contribution in [0.2, 0.25) is 0 Å². The second-order valence-corrected chi connectivity index (χ2v) is 4.04. The van der Waals surface area contributed by atoms with Crippen LogP contribution in [-0.2, 0) is 19.0 Å². The molecule has 94 valence electrons. The molecule has 5 nitrogen and oxygen atoms in total. The first-order valence-corrected chi connectivity index (χ1v) is 5.72. The van der Waals surface area contributed by atoms with Gasteiger partial charge in [-0.05, 0) is 18.8 Å². The molecule has 0 aromatic rings. The topological polar surface area (TPSA) is 70.8 Å². The van der Waals surface area contributed by atoms with E-state index < -0.39 is 0 Å². The monoisotopic (exact) mass is 231 g/mol. The molecule has 1 fully saturated rings. The summed E-state index contributed by atoms with van der Waals surface area (Å²) in [6, 6.07) is 0. The molecule has 1 aliphatic heterocycles. The number of methoxy groups -OCH3 is 1. The third kappa shape index (κ3) is 4.92. The molecule has 1 atom stereocenters. The summed E-state index contributed by atoms with van der Waals surface area (Å²) in [5.74, 6) is 0.209. The highest BCUT2D eigenvalue weighted by molar-refractivity contribution is 5.70. The lowest BCUT2D eigenvalue weighted by molar-refractivity contribution is -0.148. The third-order valence-corrected chi connectivity index (χ3v) is 2.81. The molecule has 5 heteroatoms. The molecular formula is C11H21NO4. The molecule has 0 spiro atoms. The van der Waals surface area contributed by atoms with E-state index in [-0.39, 0.29) is 18.5 Å². The lowest BCUT2D eigenvalue weighted by atomic mass is 10.0. The standard InChI is InChI=1S/C11H21NO4/c1-14-10(7-12)6-11(13)16-8-9-2-4-15-5-3-9/h9-10H,2-8,12H2,1H3. The molecule has 0 bridgehead atoms. The molecule has 0 aromatic heterocycles. The first kappa shape index (κ1) is 13.4. The van der Waals surface area contributed by atoms with E-state index in [1.807, 2.05) is 0 Å². The van der Waals surface area contributed by atoms with Gasteiger partial charge in [-0.3, -0.25) is 4.79 Å². The van der Waals surface area contributed by atoms with Gasteiger partial charge < -0.3 is 19.9 Å². The Kier molecular flexibility index (Phi) is 6.37. The zero-order valence-electron chi connectivity index (χ0n) is 9.81. The lowest BCUT2D eigenvalue weighted by Gasteiger charge is -2.22. The normalized spacial score (nSPS) is 19.4. The van der Waals surface area contributed by atoms with Gasteiger partial charge in [-0.15, -0.1) is 0 Å². The van der Waals surface area contributed by atoms with Crippen molar-refractivity contribution in [3.8, 4) is 0 Å². The zero-order valence-corrected chi connectivity index (χ0v) is 9.81. The van der Waals surface area contributed by atoms with Gasteiger partial charge in [-0.1, -0.05) is 0 Å². The van der Waals surface area contributed by atoms with Crippen LogP contribution in [0.15, 0.2) is 0 Å². The third-order valence-electron chi connectivity index (χ3n) is 2.81. The number of carbonyl (C=O) groups excluding carboxylic acids is 1. The molecule has 0 amide bonds. The van der Waals surface area contributed by atoms with Gasteiger partial charge in [0.25, 0.3) is 0 Å². The Bertz CT molecular complexity index is 200. The minimum absolute atomic E-state index is 0.232. The van der Waals surface area contributed by atoms with Gasteiger partial charge in [0.15, 0.2) is 0 Å². The molecule has 2 N–H and O–H groups in total. The smallest absolute Gasteiger partial charge is 0.308 e. The number of hydrogen-bond acceptors (Lipinski definition) is 5. The fourth-order valence-electron chi connectivity index (χ4n) is 1.63. The Hall–Kier alpha value is -0.650. The maximum Gasteiger partial charge on any atom is 0.308 e. The summed E-state index contributed by atoms with van der Waals surface area (Å²) in [6.45, 7) is 2.36. The molecule has 0 saturated carbocycles. The summed E-state index contributed by atoms with van der Waals surface area (Å²) in [6.07, 6.45) is 1.94. The highest BCUT2D eigenvalue weighted by atomic mass is 16.5. The van der Waals surface area contributed by atoms with Gasteiger partial charge >= 0.3 is 5.97 Å². The van der Waals surface area contributed by atoms with Crippen molar-refractivity contribution < 1.29 is 19.0 Å². The number of hydrogen-bond donors (Lipinski definition) is 1. The van der Waals surface area contributed by atoms with Crippen molar-refractivity contribution in [3.63, 3.8) is 0 Å². The average Bonchev–Trinajstić information content (AvgIpc) is 2.34. The SMILES string of the molecule is COC(CN)CC(=O)OCC1CCOCC1. The lowest BCUT2D eigenvalue weighted by Crippen LogP contribution is -2.28. The average molecular weight is 231 g/mol. The van der Waals surface area contributed by atoms with Gasteiger partial charge in [-0.2, -0.15) is 0 Å². The zero-order chi connectivity index (χ0) is 11.8. The predicted molar refractivity (Wildman–Crippen MR) is 59.0 cm³/mol. The molecule has 0 aliphatic carbocycles. The van der Waals surface area contributed by atoms with E-state index in [4.69, 9.17) is 19.9 Å². The fraction of sp³-hybridized carbons (Fsp3) is 0.909. The van der Waals surface area contributed by atoms with Crippen molar-refractivity contribution in [1.29, 1.82) is 0 Å². The Morgan fingerprint density at radius 2 is 2.19 bits per heavy atom. The van der Waals surface area contributed by atoms with Crippen molar-refractivity contribution in [2.45, 2.75) is 25.4 Å². The van der Waals surface area contributed by atoms with E-state index in [0.29, 0.717) is 19.1 Å². The van der Waals surface area contributed by atoms with E-state index in [0.717, 1.165) is 26.1 Å². The molecule has 16 heavy (non-hydrogen) atoms. The number of esters is 1. The first-order chi connectivity index (χ1) is 7.76. The quantitative estimate of drug-likeness (QED) is 0.667. The van der Waals surface area contributed by atoms with Crippen LogP contribution in [0, 0.1) is 5.92 Å². The number of ether oxygens (including phenoxy) is 3. The molecule has 0 radical (unpaired) electrons. The minimum atomic E-state index is -0.234. The van der Waals surface area contributed by atoms with E-state index in [9.17, 15) is 4.79 Å². The van der Waals surface area contributed by atoms with Crippen molar-refractivity contribution in [1.82, 2.24) is 0 Å². The summed E-state index contributed by atoms with van der Waals surface area (Å²) in [5, 5.41) is 0. The van der Waals surface area contributed by atoms with Gasteiger partial charge in [0.1, 0.15) is 0 Å². The van der Waals surface area contributed by atoms with E-state index in [1.54, 1.807) is 7.11 Å². The summed E-state index contributed by atoms with van der Waals surface area (Å²) in [4.78, 5) is 11.4. The van der Waals surface area contributed by atoms with Crippen LogP contribution in [0.3, 0.4) is 0 Å². The van der Waals surface area contributed by atoms with Gasteiger partial charge in [0.05, 0.1) is 19.1 Å². The number of carbonyl (C=O) groups is 1. The molecular weight excluding hydrogens is 210 g/mol. The molecule has 1 aliphatic rings. The fourth-order valence-corrected chi connectivity index (χ4v) is 1.63. The molecule has 1 saturated heterocycles. The molecule has 1 heterocycles. The van der Waals surface area contributed by atoms with Crippen LogP contribution in [0.4, 0.5) is 0 Å². The molecule has 0 aromatic carbocycles. The minimum Gasteiger partial charge on any atom is -0.465 e. The second kappa shape index (κ2) is 7.60. The van der Waals surface area contributed by atoms with Crippen LogP contribution < -0.4 is 5.73 Å². The van der Waals surface area contributed by atoms with Crippen LogP contribution >= 0.6 is 0 Å². The van der Waals surface area contributed by atoms with E-state index in [1.165, 1.54) is 0 Å². The van der Waals surface area contributed by atoms with Crippen LogP contribution in [0.1, 0.15) is 19.3 Å². The summed E-state index contributed by atoms with van der Waals surface area (Å²) in [7, 11) is 1.54. The van der Waals surface area contributed by atoms with Crippen molar-refractivity contribution >= 4 is 5.97 Å². The highest BCUT2D eigenvalue weighted by Crippen LogP contribution is 2.15. The maximum atomic E-state index is 11.4. The maximum absolute atomic E-state index is 11.4.